The van der Waals surface area contributed by atoms with E-state index in [1.165, 1.54) is 4.88 Å². The van der Waals surface area contributed by atoms with E-state index in [-0.39, 0.29) is 17.7 Å². The van der Waals surface area contributed by atoms with Crippen LogP contribution in [0.15, 0.2) is 41.8 Å². The van der Waals surface area contributed by atoms with Crippen molar-refractivity contribution in [2.75, 3.05) is 23.7 Å². The van der Waals surface area contributed by atoms with E-state index in [2.05, 4.69) is 22.8 Å². The Morgan fingerprint density at radius 3 is 2.84 bits per heavy atom. The molecule has 1 unspecified atom stereocenters. The van der Waals surface area contributed by atoms with E-state index in [1.807, 2.05) is 43.0 Å². The Labute approximate surface area is 156 Å². The Kier molecular flexibility index (Phi) is 6.15. The SMILES string of the molecule is Cc1ccc(N2CC(C(=O)NCCSCc3cccs3)CC2=O)cc1. The van der Waals surface area contributed by atoms with Gasteiger partial charge in [-0.3, -0.25) is 9.59 Å². The highest BCUT2D eigenvalue weighted by Gasteiger charge is 2.34. The molecule has 0 radical (unpaired) electrons. The van der Waals surface area contributed by atoms with E-state index in [1.54, 1.807) is 16.2 Å². The van der Waals surface area contributed by atoms with Crippen LogP contribution in [0.4, 0.5) is 5.69 Å². The van der Waals surface area contributed by atoms with Gasteiger partial charge < -0.3 is 10.2 Å². The summed E-state index contributed by atoms with van der Waals surface area (Å²) in [6.45, 7) is 3.13. The van der Waals surface area contributed by atoms with Gasteiger partial charge in [-0.15, -0.1) is 11.3 Å². The molecule has 1 aliphatic rings. The third-order valence-corrected chi connectivity index (χ3v) is 6.28. The zero-order valence-corrected chi connectivity index (χ0v) is 15.9. The van der Waals surface area contributed by atoms with Gasteiger partial charge >= 0.3 is 0 Å². The zero-order valence-electron chi connectivity index (χ0n) is 14.2. The summed E-state index contributed by atoms with van der Waals surface area (Å²) in [7, 11) is 0. The maximum absolute atomic E-state index is 12.3. The lowest BCUT2D eigenvalue weighted by Gasteiger charge is -2.17. The van der Waals surface area contributed by atoms with Gasteiger partial charge in [0.2, 0.25) is 11.8 Å². The number of thiophene rings is 1. The fourth-order valence-electron chi connectivity index (χ4n) is 2.82. The van der Waals surface area contributed by atoms with Crippen LogP contribution >= 0.6 is 23.1 Å². The second-order valence-electron chi connectivity index (χ2n) is 6.16. The van der Waals surface area contributed by atoms with Crippen LogP contribution in [0.1, 0.15) is 16.9 Å². The smallest absolute Gasteiger partial charge is 0.227 e. The highest BCUT2D eigenvalue weighted by molar-refractivity contribution is 7.98. The molecule has 1 atom stereocenters. The monoisotopic (exact) mass is 374 g/mol. The number of hydrogen-bond acceptors (Lipinski definition) is 4. The Bertz CT molecular complexity index is 714. The van der Waals surface area contributed by atoms with E-state index in [4.69, 9.17) is 0 Å². The van der Waals surface area contributed by atoms with E-state index in [9.17, 15) is 9.59 Å². The van der Waals surface area contributed by atoms with Crippen molar-refractivity contribution in [3.63, 3.8) is 0 Å². The highest BCUT2D eigenvalue weighted by atomic mass is 32.2. The number of hydrogen-bond donors (Lipinski definition) is 1. The first kappa shape index (κ1) is 18.0. The molecule has 1 saturated heterocycles. The van der Waals surface area contributed by atoms with Crippen molar-refractivity contribution in [2.24, 2.45) is 5.92 Å². The summed E-state index contributed by atoms with van der Waals surface area (Å²) < 4.78 is 0. The van der Waals surface area contributed by atoms with Gasteiger partial charge in [-0.05, 0) is 30.5 Å². The Morgan fingerprint density at radius 2 is 2.12 bits per heavy atom. The van der Waals surface area contributed by atoms with Crippen LogP contribution in [-0.4, -0.2) is 30.7 Å². The van der Waals surface area contributed by atoms with Crippen LogP contribution in [0.5, 0.6) is 0 Å². The van der Waals surface area contributed by atoms with Crippen LogP contribution in [0.2, 0.25) is 0 Å². The second kappa shape index (κ2) is 8.54. The summed E-state index contributed by atoms with van der Waals surface area (Å²) >= 11 is 3.57. The first-order valence-electron chi connectivity index (χ1n) is 8.38. The van der Waals surface area contributed by atoms with Gasteiger partial charge in [0.05, 0.1) is 5.92 Å². The second-order valence-corrected chi connectivity index (χ2v) is 8.30. The van der Waals surface area contributed by atoms with Crippen LogP contribution in [-0.2, 0) is 15.3 Å². The maximum Gasteiger partial charge on any atom is 0.227 e. The molecule has 0 spiro atoms. The highest BCUT2D eigenvalue weighted by Crippen LogP contribution is 2.25. The normalized spacial score (nSPS) is 17.1. The molecule has 1 fully saturated rings. The molecule has 0 aliphatic carbocycles. The number of nitrogens with one attached hydrogen (secondary N) is 1. The van der Waals surface area contributed by atoms with Gasteiger partial charge in [-0.2, -0.15) is 11.8 Å². The average Bonchev–Trinajstić information content (AvgIpc) is 3.25. The average molecular weight is 375 g/mol. The van der Waals surface area contributed by atoms with Crippen LogP contribution in [0, 0.1) is 12.8 Å². The lowest BCUT2D eigenvalue weighted by Crippen LogP contribution is -2.34. The number of carbonyl (C=O) groups is 2. The standard InChI is InChI=1S/C19H22N2O2S2/c1-14-4-6-16(7-5-14)21-12-15(11-18(21)22)19(23)20-8-10-24-13-17-3-2-9-25-17/h2-7,9,15H,8,10-13H2,1H3,(H,20,23). The molecule has 0 saturated carbocycles. The summed E-state index contributed by atoms with van der Waals surface area (Å²) in [6, 6.07) is 12.0. The van der Waals surface area contributed by atoms with E-state index in [0.717, 1.165) is 22.8 Å². The van der Waals surface area contributed by atoms with Crippen molar-refractivity contribution in [1.82, 2.24) is 5.32 Å². The maximum atomic E-state index is 12.3. The summed E-state index contributed by atoms with van der Waals surface area (Å²) in [5.74, 6) is 1.62. The molecular weight excluding hydrogens is 352 g/mol. The number of aryl methyl sites for hydroxylation is 1. The van der Waals surface area contributed by atoms with Crippen LogP contribution < -0.4 is 10.2 Å². The molecule has 6 heteroatoms. The number of carbonyl (C=O) groups excluding carboxylic acids is 2. The summed E-state index contributed by atoms with van der Waals surface area (Å²) in [6.07, 6.45) is 0.294. The van der Waals surface area contributed by atoms with E-state index < -0.39 is 0 Å². The molecule has 4 nitrogen and oxygen atoms in total. The zero-order chi connectivity index (χ0) is 17.6. The van der Waals surface area contributed by atoms with Gasteiger partial charge in [-0.25, -0.2) is 0 Å². The lowest BCUT2D eigenvalue weighted by molar-refractivity contribution is -0.126. The Balaban J connectivity index is 1.42. The van der Waals surface area contributed by atoms with Gasteiger partial charge in [0.25, 0.3) is 0 Å². The summed E-state index contributed by atoms with van der Waals surface area (Å²) in [4.78, 5) is 27.6. The molecule has 3 rings (SSSR count). The molecule has 2 aromatic rings. The summed E-state index contributed by atoms with van der Waals surface area (Å²) in [5.41, 5.74) is 2.03. The number of amides is 2. The van der Waals surface area contributed by atoms with Crippen LogP contribution in [0.3, 0.4) is 0 Å². The quantitative estimate of drug-likeness (QED) is 0.755. The van der Waals surface area contributed by atoms with Crippen molar-refractivity contribution in [3.8, 4) is 0 Å². The molecule has 2 amide bonds. The molecular formula is C19H22N2O2S2. The Morgan fingerprint density at radius 1 is 1.32 bits per heavy atom. The molecule has 1 aromatic heterocycles. The third kappa shape index (κ3) is 4.86. The minimum Gasteiger partial charge on any atom is -0.355 e. The number of nitrogens with zero attached hydrogens (tertiary/aromatic N) is 1. The number of anilines is 1. The number of rotatable bonds is 7. The number of thioether (sulfide) groups is 1. The van der Waals surface area contributed by atoms with Crippen molar-refractivity contribution in [3.05, 3.63) is 52.2 Å². The topological polar surface area (TPSA) is 49.4 Å². The predicted octanol–water partition coefficient (Wildman–Crippen LogP) is 3.46. The van der Waals surface area contributed by atoms with Gasteiger partial charge in [0, 0.05) is 41.6 Å². The van der Waals surface area contributed by atoms with Gasteiger partial charge in [0.15, 0.2) is 0 Å². The van der Waals surface area contributed by atoms with Crippen molar-refractivity contribution in [2.45, 2.75) is 19.1 Å². The van der Waals surface area contributed by atoms with Crippen molar-refractivity contribution < 1.29 is 9.59 Å². The Hall–Kier alpha value is -1.79. The minimum atomic E-state index is -0.254. The summed E-state index contributed by atoms with van der Waals surface area (Å²) in [5, 5.41) is 5.05. The molecule has 1 N–H and O–H groups in total. The molecule has 25 heavy (non-hydrogen) atoms. The molecule has 2 heterocycles. The van der Waals surface area contributed by atoms with Crippen LogP contribution in [0.25, 0.3) is 0 Å². The fraction of sp³-hybridized carbons (Fsp3) is 0.368. The van der Waals surface area contributed by atoms with Gasteiger partial charge in [0.1, 0.15) is 0 Å². The number of benzene rings is 1. The molecule has 1 aromatic carbocycles. The van der Waals surface area contributed by atoms with Crippen molar-refractivity contribution in [1.29, 1.82) is 0 Å². The van der Waals surface area contributed by atoms with E-state index in [0.29, 0.717) is 19.5 Å². The first-order chi connectivity index (χ1) is 12.1. The van der Waals surface area contributed by atoms with Gasteiger partial charge in [-0.1, -0.05) is 23.8 Å². The molecule has 0 bridgehead atoms. The predicted molar refractivity (Wildman–Crippen MR) is 105 cm³/mol. The lowest BCUT2D eigenvalue weighted by atomic mass is 10.1. The largest absolute Gasteiger partial charge is 0.355 e. The first-order valence-corrected chi connectivity index (χ1v) is 10.4. The third-order valence-electron chi connectivity index (χ3n) is 4.21. The minimum absolute atomic E-state index is 0.0142. The fourth-order valence-corrected chi connectivity index (χ4v) is 4.52. The molecule has 1 aliphatic heterocycles. The molecule has 132 valence electrons. The van der Waals surface area contributed by atoms with E-state index >= 15 is 0 Å². The van der Waals surface area contributed by atoms with Crippen molar-refractivity contribution >= 4 is 40.6 Å².